The molecule has 1 aromatic rings. The highest BCUT2D eigenvalue weighted by Gasteiger charge is 2.39. The lowest BCUT2D eigenvalue weighted by Gasteiger charge is -2.38. The lowest BCUT2D eigenvalue weighted by Crippen LogP contribution is -2.47. The molecular formula is C15H24N2OS. The van der Waals surface area contributed by atoms with Gasteiger partial charge in [0, 0.05) is 11.9 Å². The Bertz CT molecular complexity index is 435. The van der Waals surface area contributed by atoms with Crippen molar-refractivity contribution in [3.63, 3.8) is 0 Å². The molecule has 106 valence electrons. The molecule has 0 bridgehead atoms. The van der Waals surface area contributed by atoms with Gasteiger partial charge in [0.15, 0.2) is 0 Å². The average molecular weight is 280 g/mol. The van der Waals surface area contributed by atoms with Crippen molar-refractivity contribution in [1.82, 2.24) is 10.2 Å². The van der Waals surface area contributed by atoms with Crippen molar-refractivity contribution in [2.24, 2.45) is 5.41 Å². The van der Waals surface area contributed by atoms with Crippen molar-refractivity contribution in [2.75, 3.05) is 20.1 Å². The van der Waals surface area contributed by atoms with Crippen LogP contribution < -0.4 is 5.32 Å². The van der Waals surface area contributed by atoms with E-state index in [0.29, 0.717) is 5.91 Å². The Morgan fingerprint density at radius 3 is 2.68 bits per heavy atom. The van der Waals surface area contributed by atoms with E-state index >= 15 is 0 Å². The molecule has 19 heavy (non-hydrogen) atoms. The van der Waals surface area contributed by atoms with Crippen LogP contribution in [0.15, 0.2) is 11.4 Å². The van der Waals surface area contributed by atoms with Crippen molar-refractivity contribution in [2.45, 2.75) is 39.7 Å². The van der Waals surface area contributed by atoms with Crippen LogP contribution in [-0.2, 0) is 11.3 Å². The summed E-state index contributed by atoms with van der Waals surface area (Å²) in [5.41, 5.74) is 1.16. The Kier molecular flexibility index (Phi) is 4.63. The molecule has 3 nitrogen and oxygen atoms in total. The van der Waals surface area contributed by atoms with Crippen LogP contribution in [0.3, 0.4) is 0 Å². The third kappa shape index (κ3) is 3.00. The van der Waals surface area contributed by atoms with Gasteiger partial charge in [-0.1, -0.05) is 6.92 Å². The van der Waals surface area contributed by atoms with Crippen LogP contribution in [0.2, 0.25) is 0 Å². The van der Waals surface area contributed by atoms with E-state index in [4.69, 9.17) is 0 Å². The fraction of sp³-hybridized carbons (Fsp3) is 0.667. The number of aryl methyl sites for hydroxylation is 1. The summed E-state index contributed by atoms with van der Waals surface area (Å²) in [5, 5.41) is 5.45. The molecule has 0 radical (unpaired) electrons. The van der Waals surface area contributed by atoms with Crippen molar-refractivity contribution in [1.29, 1.82) is 0 Å². The molecular weight excluding hydrogens is 256 g/mol. The van der Waals surface area contributed by atoms with E-state index in [9.17, 15) is 4.79 Å². The van der Waals surface area contributed by atoms with Crippen LogP contribution in [0.5, 0.6) is 0 Å². The number of thiophene rings is 1. The van der Waals surface area contributed by atoms with Gasteiger partial charge in [-0.3, -0.25) is 4.79 Å². The van der Waals surface area contributed by atoms with Crippen molar-refractivity contribution in [3.8, 4) is 0 Å². The Labute approximate surface area is 120 Å². The third-order valence-electron chi connectivity index (χ3n) is 4.39. The van der Waals surface area contributed by atoms with Crippen LogP contribution in [0.1, 0.15) is 36.6 Å². The number of nitrogens with one attached hydrogen (secondary N) is 1. The zero-order valence-corrected chi connectivity index (χ0v) is 13.0. The smallest absolute Gasteiger partial charge is 0.228 e. The zero-order valence-electron chi connectivity index (χ0n) is 12.2. The highest BCUT2D eigenvalue weighted by Crippen LogP contribution is 2.35. The van der Waals surface area contributed by atoms with Crippen LogP contribution >= 0.6 is 11.3 Å². The van der Waals surface area contributed by atoms with E-state index in [1.54, 1.807) is 11.3 Å². The molecule has 0 unspecified atom stereocenters. The van der Waals surface area contributed by atoms with Crippen molar-refractivity contribution < 1.29 is 4.79 Å². The van der Waals surface area contributed by atoms with Gasteiger partial charge < -0.3 is 10.2 Å². The first-order valence-corrected chi connectivity index (χ1v) is 7.96. The summed E-state index contributed by atoms with van der Waals surface area (Å²) in [7, 11) is 1.95. The number of carbonyl (C=O) groups is 1. The van der Waals surface area contributed by atoms with E-state index in [0.717, 1.165) is 38.9 Å². The summed E-state index contributed by atoms with van der Waals surface area (Å²) in [6, 6.07) is 2.12. The number of rotatable bonds is 4. The first kappa shape index (κ1) is 14.5. The van der Waals surface area contributed by atoms with E-state index in [-0.39, 0.29) is 5.41 Å². The van der Waals surface area contributed by atoms with Gasteiger partial charge in [-0.05, 0) is 56.3 Å². The summed E-state index contributed by atoms with van der Waals surface area (Å²) in [6.07, 6.45) is 2.88. The van der Waals surface area contributed by atoms with Gasteiger partial charge >= 0.3 is 0 Å². The van der Waals surface area contributed by atoms with Gasteiger partial charge in [-0.25, -0.2) is 0 Å². The van der Waals surface area contributed by atoms with Crippen molar-refractivity contribution in [3.05, 3.63) is 21.9 Å². The molecule has 1 fully saturated rings. The lowest BCUT2D eigenvalue weighted by atomic mass is 9.75. The number of nitrogens with zero attached hydrogens (tertiary/aromatic N) is 1. The highest BCUT2D eigenvalue weighted by molar-refractivity contribution is 7.10. The molecule has 0 aliphatic carbocycles. The van der Waals surface area contributed by atoms with Gasteiger partial charge in [-0.2, -0.15) is 0 Å². The molecule has 1 amide bonds. The molecule has 2 heterocycles. The second-order valence-electron chi connectivity index (χ2n) is 5.57. The number of carbonyl (C=O) groups excluding carboxylic acids is 1. The first-order valence-electron chi connectivity index (χ1n) is 7.08. The maximum atomic E-state index is 12.8. The standard InChI is InChI=1S/C15H24N2OS/c1-4-15(6-8-16-9-7-15)14(18)17(3)11-13-12(2)5-10-19-13/h5,10,16H,4,6-9,11H2,1-3H3. The first-order chi connectivity index (χ1) is 9.09. The molecule has 0 spiro atoms. The number of hydrogen-bond acceptors (Lipinski definition) is 3. The van der Waals surface area contributed by atoms with Crippen LogP contribution in [0.4, 0.5) is 0 Å². The maximum absolute atomic E-state index is 12.8. The molecule has 2 rings (SSSR count). The van der Waals surface area contributed by atoms with Gasteiger partial charge in [0.1, 0.15) is 0 Å². The quantitative estimate of drug-likeness (QED) is 0.920. The minimum Gasteiger partial charge on any atom is -0.340 e. The summed E-state index contributed by atoms with van der Waals surface area (Å²) in [5.74, 6) is 0.323. The maximum Gasteiger partial charge on any atom is 0.228 e. The number of piperidine rings is 1. The van der Waals surface area contributed by atoms with Gasteiger partial charge in [0.25, 0.3) is 0 Å². The third-order valence-corrected chi connectivity index (χ3v) is 5.39. The molecule has 1 N–H and O–H groups in total. The van der Waals surface area contributed by atoms with Crippen LogP contribution in [-0.4, -0.2) is 30.9 Å². The molecule has 1 aliphatic rings. The second-order valence-corrected chi connectivity index (χ2v) is 6.57. The number of hydrogen-bond donors (Lipinski definition) is 1. The molecule has 1 saturated heterocycles. The van der Waals surface area contributed by atoms with Crippen LogP contribution in [0.25, 0.3) is 0 Å². The predicted octanol–water partition coefficient (Wildman–Crippen LogP) is 2.79. The van der Waals surface area contributed by atoms with Gasteiger partial charge in [0.2, 0.25) is 5.91 Å². The summed E-state index contributed by atoms with van der Waals surface area (Å²) in [4.78, 5) is 16.0. The largest absolute Gasteiger partial charge is 0.340 e. The number of amides is 1. The molecule has 1 aromatic heterocycles. The Morgan fingerprint density at radius 1 is 1.47 bits per heavy atom. The second kappa shape index (κ2) is 6.06. The van der Waals surface area contributed by atoms with Gasteiger partial charge in [-0.15, -0.1) is 11.3 Å². The molecule has 4 heteroatoms. The molecule has 0 aromatic carbocycles. The highest BCUT2D eigenvalue weighted by atomic mass is 32.1. The fourth-order valence-corrected chi connectivity index (χ4v) is 3.84. The Balaban J connectivity index is 2.07. The summed E-state index contributed by atoms with van der Waals surface area (Å²) < 4.78 is 0. The Morgan fingerprint density at radius 2 is 2.16 bits per heavy atom. The predicted molar refractivity (Wildman–Crippen MR) is 80.4 cm³/mol. The van der Waals surface area contributed by atoms with Gasteiger partial charge in [0.05, 0.1) is 12.0 Å². The van der Waals surface area contributed by atoms with E-state index in [1.165, 1.54) is 10.4 Å². The lowest BCUT2D eigenvalue weighted by molar-refractivity contribution is -0.143. The monoisotopic (exact) mass is 280 g/mol. The fourth-order valence-electron chi connectivity index (χ4n) is 2.88. The van der Waals surface area contributed by atoms with E-state index < -0.39 is 0 Å². The normalized spacial score (nSPS) is 18.3. The molecule has 0 atom stereocenters. The zero-order chi connectivity index (χ0) is 13.9. The Hall–Kier alpha value is -0.870. The van der Waals surface area contributed by atoms with Crippen molar-refractivity contribution >= 4 is 17.2 Å². The summed E-state index contributed by atoms with van der Waals surface area (Å²) >= 11 is 1.74. The summed E-state index contributed by atoms with van der Waals surface area (Å²) in [6.45, 7) is 6.94. The minimum absolute atomic E-state index is 0.134. The topological polar surface area (TPSA) is 32.3 Å². The average Bonchev–Trinajstić information content (AvgIpc) is 2.84. The van der Waals surface area contributed by atoms with E-state index in [1.807, 2.05) is 11.9 Å². The molecule has 1 aliphatic heterocycles. The van der Waals surface area contributed by atoms with Crippen LogP contribution in [0, 0.1) is 12.3 Å². The SMILES string of the molecule is CCC1(C(=O)N(C)Cc2sccc2C)CCNCC1. The van der Waals surface area contributed by atoms with E-state index in [2.05, 4.69) is 30.6 Å². The minimum atomic E-state index is -0.134. The molecule has 0 saturated carbocycles.